The van der Waals surface area contributed by atoms with Gasteiger partial charge in [-0.1, -0.05) is 48.0 Å². The first-order valence-corrected chi connectivity index (χ1v) is 7.76. The van der Waals surface area contributed by atoms with Gasteiger partial charge >= 0.3 is 0 Å². The lowest BCUT2D eigenvalue weighted by Crippen LogP contribution is -2.14. The number of nitrogens with zero attached hydrogens (tertiary/aromatic N) is 2. The zero-order valence-electron chi connectivity index (χ0n) is 12.8. The van der Waals surface area contributed by atoms with Crippen LogP contribution in [0.3, 0.4) is 0 Å². The molecular formula is C17H17ClN6. The van der Waals surface area contributed by atoms with E-state index in [1.54, 1.807) is 0 Å². The van der Waals surface area contributed by atoms with Gasteiger partial charge in [-0.2, -0.15) is 0 Å². The number of nitrogens with one attached hydrogen (secondary N) is 3. The summed E-state index contributed by atoms with van der Waals surface area (Å²) in [6.07, 6.45) is 1.44. The van der Waals surface area contributed by atoms with E-state index in [-0.39, 0.29) is 0 Å². The van der Waals surface area contributed by atoms with E-state index < -0.39 is 0 Å². The van der Waals surface area contributed by atoms with Gasteiger partial charge in [0.1, 0.15) is 12.0 Å². The number of anilines is 4. The van der Waals surface area contributed by atoms with E-state index in [1.165, 1.54) is 6.33 Å². The van der Waals surface area contributed by atoms with E-state index in [0.717, 1.165) is 11.3 Å². The Bertz CT molecular complexity index is 809. The number of hydrazine groups is 1. The van der Waals surface area contributed by atoms with E-state index >= 15 is 0 Å². The lowest BCUT2D eigenvalue weighted by Gasteiger charge is -2.14. The molecule has 24 heavy (non-hydrogen) atoms. The second-order valence-corrected chi connectivity index (χ2v) is 5.45. The Kier molecular flexibility index (Phi) is 4.98. The van der Waals surface area contributed by atoms with Crippen molar-refractivity contribution in [3.05, 3.63) is 71.5 Å². The summed E-state index contributed by atoms with van der Waals surface area (Å²) in [5.41, 5.74) is 14.5. The molecule has 3 aromatic rings. The van der Waals surface area contributed by atoms with E-state index in [4.69, 9.17) is 17.3 Å². The molecule has 0 aliphatic carbocycles. The van der Waals surface area contributed by atoms with Crippen LogP contribution in [-0.2, 0) is 6.54 Å². The fourth-order valence-corrected chi connectivity index (χ4v) is 2.31. The molecule has 6 nitrogen and oxygen atoms in total. The van der Waals surface area contributed by atoms with Gasteiger partial charge in [0.05, 0.1) is 5.69 Å². The lowest BCUT2D eigenvalue weighted by molar-refractivity contribution is 1.08. The maximum absolute atomic E-state index is 6.15. The highest BCUT2D eigenvalue weighted by atomic mass is 35.5. The molecule has 0 atom stereocenters. The Hall–Kier alpha value is -2.99. The van der Waals surface area contributed by atoms with Gasteiger partial charge in [-0.25, -0.2) is 9.97 Å². The van der Waals surface area contributed by atoms with Crippen LogP contribution in [-0.4, -0.2) is 9.97 Å². The summed E-state index contributed by atoms with van der Waals surface area (Å²) in [6, 6.07) is 17.3. The minimum absolute atomic E-state index is 0.424. The van der Waals surface area contributed by atoms with E-state index in [1.807, 2.05) is 54.6 Å². The largest absolute Gasteiger partial charge is 0.393 e. The predicted octanol–water partition coefficient (Wildman–Crippen LogP) is 3.76. The van der Waals surface area contributed by atoms with E-state index in [2.05, 4.69) is 26.1 Å². The highest BCUT2D eigenvalue weighted by molar-refractivity contribution is 6.31. The predicted molar refractivity (Wildman–Crippen MR) is 98.9 cm³/mol. The highest BCUT2D eigenvalue weighted by Crippen LogP contribution is 2.24. The molecule has 5 N–H and O–H groups in total. The minimum atomic E-state index is 0.424. The normalized spacial score (nSPS) is 10.2. The molecule has 2 aromatic carbocycles. The number of nitrogens with two attached hydrogens (primary N) is 1. The molecule has 0 radical (unpaired) electrons. The van der Waals surface area contributed by atoms with Crippen molar-refractivity contribution in [2.24, 2.45) is 0 Å². The summed E-state index contributed by atoms with van der Waals surface area (Å²) in [5, 5.41) is 3.88. The van der Waals surface area contributed by atoms with Gasteiger partial charge in [0.25, 0.3) is 0 Å². The number of hydrogen-bond donors (Lipinski definition) is 4. The van der Waals surface area contributed by atoms with Gasteiger partial charge in [0.2, 0.25) is 0 Å². The Morgan fingerprint density at radius 3 is 2.38 bits per heavy atom. The Morgan fingerprint density at radius 2 is 1.58 bits per heavy atom. The van der Waals surface area contributed by atoms with E-state index in [0.29, 0.717) is 28.9 Å². The summed E-state index contributed by atoms with van der Waals surface area (Å²) in [7, 11) is 0. The van der Waals surface area contributed by atoms with Gasteiger partial charge in [-0.3, -0.25) is 10.9 Å². The molecule has 0 unspecified atom stereocenters. The molecule has 0 amide bonds. The van der Waals surface area contributed by atoms with E-state index in [9.17, 15) is 0 Å². The number of benzene rings is 2. The van der Waals surface area contributed by atoms with Crippen molar-refractivity contribution in [3.63, 3.8) is 0 Å². The summed E-state index contributed by atoms with van der Waals surface area (Å²) in [5.74, 6) is 1.04. The van der Waals surface area contributed by atoms with Crippen molar-refractivity contribution in [3.8, 4) is 0 Å². The molecule has 0 aliphatic heterocycles. The Labute approximate surface area is 145 Å². The maximum Gasteiger partial charge on any atom is 0.173 e. The molecule has 0 saturated heterocycles. The molecule has 1 aromatic heterocycles. The lowest BCUT2D eigenvalue weighted by atomic mass is 10.2. The van der Waals surface area contributed by atoms with Gasteiger partial charge in [0, 0.05) is 11.6 Å². The smallest absolute Gasteiger partial charge is 0.173 e. The topological polar surface area (TPSA) is 87.9 Å². The van der Waals surface area contributed by atoms with Crippen LogP contribution in [0, 0.1) is 0 Å². The summed E-state index contributed by atoms with van der Waals surface area (Å²) < 4.78 is 0. The first-order valence-electron chi connectivity index (χ1n) is 7.39. The molecule has 7 heteroatoms. The third kappa shape index (κ3) is 3.85. The number of nitrogen functional groups attached to an aromatic ring is 1. The quantitative estimate of drug-likeness (QED) is 0.511. The average molecular weight is 341 g/mol. The number of aromatic nitrogens is 2. The van der Waals surface area contributed by atoms with Crippen LogP contribution in [0.5, 0.6) is 0 Å². The molecule has 3 rings (SSSR count). The van der Waals surface area contributed by atoms with Crippen LogP contribution < -0.4 is 21.9 Å². The van der Waals surface area contributed by atoms with Crippen LogP contribution in [0.4, 0.5) is 23.0 Å². The second kappa shape index (κ2) is 7.52. The van der Waals surface area contributed by atoms with Gasteiger partial charge in [0.15, 0.2) is 11.6 Å². The number of hydrogen-bond acceptors (Lipinski definition) is 6. The van der Waals surface area contributed by atoms with Crippen molar-refractivity contribution in [1.82, 2.24) is 9.97 Å². The first kappa shape index (κ1) is 15.9. The fourth-order valence-electron chi connectivity index (χ4n) is 2.11. The van der Waals surface area contributed by atoms with Crippen molar-refractivity contribution in [2.45, 2.75) is 6.54 Å². The molecule has 0 fully saturated rings. The first-order chi connectivity index (χ1) is 11.7. The van der Waals surface area contributed by atoms with Gasteiger partial charge in [-0.05, 0) is 23.8 Å². The van der Waals surface area contributed by atoms with Crippen LogP contribution in [0.25, 0.3) is 0 Å². The fraction of sp³-hybridized carbons (Fsp3) is 0.0588. The van der Waals surface area contributed by atoms with Crippen LogP contribution in [0.15, 0.2) is 60.9 Å². The molecule has 0 spiro atoms. The zero-order chi connectivity index (χ0) is 16.8. The summed E-state index contributed by atoms with van der Waals surface area (Å²) in [6.45, 7) is 0.520. The Balaban J connectivity index is 1.68. The SMILES string of the molecule is Nc1c(NCc2ccccc2Cl)ncnc1NNc1ccccc1. The maximum atomic E-state index is 6.15. The Morgan fingerprint density at radius 1 is 0.875 bits per heavy atom. The third-order valence-corrected chi connectivity index (χ3v) is 3.76. The van der Waals surface area contributed by atoms with Crippen molar-refractivity contribution in [2.75, 3.05) is 21.9 Å². The molecule has 122 valence electrons. The van der Waals surface area contributed by atoms with Crippen LogP contribution >= 0.6 is 11.6 Å². The number of para-hydroxylation sites is 1. The average Bonchev–Trinajstić information content (AvgIpc) is 2.62. The molecule has 0 bridgehead atoms. The van der Waals surface area contributed by atoms with Crippen molar-refractivity contribution < 1.29 is 0 Å². The number of halogens is 1. The molecule has 0 aliphatic rings. The van der Waals surface area contributed by atoms with Crippen molar-refractivity contribution >= 4 is 34.6 Å². The molecular weight excluding hydrogens is 324 g/mol. The van der Waals surface area contributed by atoms with Gasteiger partial charge < -0.3 is 11.1 Å². The minimum Gasteiger partial charge on any atom is -0.393 e. The van der Waals surface area contributed by atoms with Crippen molar-refractivity contribution in [1.29, 1.82) is 0 Å². The highest BCUT2D eigenvalue weighted by Gasteiger charge is 2.08. The van der Waals surface area contributed by atoms with Crippen LogP contribution in [0.2, 0.25) is 5.02 Å². The standard InChI is InChI=1S/C17H17ClN6/c18-14-9-5-4-6-12(14)10-20-16-15(19)17(22-11-21-16)24-23-13-7-2-1-3-8-13/h1-9,11,23H,10,19H2,(H2,20,21,22,24). The summed E-state index contributed by atoms with van der Waals surface area (Å²) >= 11 is 6.15. The van der Waals surface area contributed by atoms with Crippen LogP contribution in [0.1, 0.15) is 5.56 Å². The zero-order valence-corrected chi connectivity index (χ0v) is 13.6. The van der Waals surface area contributed by atoms with Gasteiger partial charge in [-0.15, -0.1) is 0 Å². The number of rotatable bonds is 6. The second-order valence-electron chi connectivity index (χ2n) is 5.05. The summed E-state index contributed by atoms with van der Waals surface area (Å²) in [4.78, 5) is 8.33. The molecule has 0 saturated carbocycles. The third-order valence-electron chi connectivity index (χ3n) is 3.39. The monoisotopic (exact) mass is 340 g/mol. The molecule has 1 heterocycles.